The van der Waals surface area contributed by atoms with E-state index in [1.54, 1.807) is 30.5 Å². The first kappa shape index (κ1) is 18.1. The minimum Gasteiger partial charge on any atom is -0.379 e. The normalized spacial score (nSPS) is 19.5. The van der Waals surface area contributed by atoms with Gasteiger partial charge in [-0.1, -0.05) is 17.7 Å². The lowest BCUT2D eigenvalue weighted by molar-refractivity contribution is 0.0988. The van der Waals surface area contributed by atoms with E-state index in [4.69, 9.17) is 12.2 Å². The summed E-state index contributed by atoms with van der Waals surface area (Å²) < 4.78 is 13.8. The third-order valence-corrected chi connectivity index (χ3v) is 4.99. The predicted molar refractivity (Wildman–Crippen MR) is 101 cm³/mol. The van der Waals surface area contributed by atoms with Crippen molar-refractivity contribution < 1.29 is 9.18 Å². The lowest BCUT2D eigenvalue weighted by Crippen LogP contribution is -2.34. The maximum Gasteiger partial charge on any atom is 0.185 e. The number of amidine groups is 1. The summed E-state index contributed by atoms with van der Waals surface area (Å²) in [7, 11) is 0. The molecule has 0 spiro atoms. The highest BCUT2D eigenvalue weighted by atomic mass is 32.2. The molecule has 5 nitrogen and oxygen atoms in total. The second kappa shape index (κ2) is 7.67. The van der Waals surface area contributed by atoms with Gasteiger partial charge in [0.25, 0.3) is 0 Å². The maximum atomic E-state index is 13.8. The number of ketones is 1. The van der Waals surface area contributed by atoms with E-state index in [2.05, 4.69) is 20.9 Å². The molecule has 7 heteroatoms. The van der Waals surface area contributed by atoms with Gasteiger partial charge in [0.15, 0.2) is 11.0 Å². The number of carbonyl (C=O) groups is 1. The molecule has 0 bridgehead atoms. The van der Waals surface area contributed by atoms with Crippen LogP contribution in [-0.2, 0) is 12.0 Å². The molecule has 0 radical (unpaired) electrons. The molecule has 132 valence electrons. The molecule has 3 heterocycles. The molecule has 1 aliphatic heterocycles. The van der Waals surface area contributed by atoms with E-state index in [1.165, 1.54) is 18.0 Å². The van der Waals surface area contributed by atoms with Crippen LogP contribution in [0.2, 0.25) is 0 Å². The van der Waals surface area contributed by atoms with Crippen LogP contribution >= 0.6 is 11.8 Å². The second-order valence-electron chi connectivity index (χ2n) is 5.94. The van der Waals surface area contributed by atoms with Crippen molar-refractivity contribution in [3.8, 4) is 12.3 Å². The van der Waals surface area contributed by atoms with Crippen LogP contribution in [0.1, 0.15) is 33.7 Å². The van der Waals surface area contributed by atoms with Crippen LogP contribution in [0.4, 0.5) is 4.39 Å². The van der Waals surface area contributed by atoms with Crippen molar-refractivity contribution in [1.82, 2.24) is 9.97 Å². The molecule has 0 aliphatic carbocycles. The Balaban J connectivity index is 1.84. The Morgan fingerprint density at radius 2 is 2.23 bits per heavy atom. The molecule has 1 aliphatic rings. The van der Waals surface area contributed by atoms with E-state index in [0.717, 1.165) is 5.56 Å². The van der Waals surface area contributed by atoms with Gasteiger partial charge in [-0.25, -0.2) is 9.38 Å². The first-order chi connectivity index (χ1) is 12.6. The topological polar surface area (TPSA) is 81.2 Å². The fraction of sp³-hybridized carbons (Fsp3) is 0.263. The zero-order valence-electron chi connectivity index (χ0n) is 14.0. The van der Waals surface area contributed by atoms with Crippen LogP contribution in [0.5, 0.6) is 0 Å². The molecule has 0 unspecified atom stereocenters. The number of nitrogens with two attached hydrogens (primary N) is 1. The second-order valence-corrected chi connectivity index (χ2v) is 7.05. The largest absolute Gasteiger partial charge is 0.379 e. The quantitative estimate of drug-likeness (QED) is 0.648. The van der Waals surface area contributed by atoms with Crippen molar-refractivity contribution in [1.29, 1.82) is 0 Å². The molecule has 0 saturated carbocycles. The van der Waals surface area contributed by atoms with Gasteiger partial charge in [0.1, 0.15) is 17.9 Å². The van der Waals surface area contributed by atoms with Gasteiger partial charge in [0.05, 0.1) is 5.69 Å². The van der Waals surface area contributed by atoms with Gasteiger partial charge in [0, 0.05) is 30.1 Å². The number of pyridine rings is 2. The zero-order valence-corrected chi connectivity index (χ0v) is 14.8. The molecule has 2 N–H and O–H groups in total. The Kier molecular flexibility index (Phi) is 5.33. The molecule has 0 aromatic carbocycles. The molecule has 0 fully saturated rings. The molecule has 3 rings (SSSR count). The van der Waals surface area contributed by atoms with Gasteiger partial charge in [-0.15, -0.1) is 6.42 Å². The number of carbonyl (C=O) groups excluding carboxylic acids is 1. The minimum absolute atomic E-state index is 0.133. The molecular weight excluding hydrogens is 351 g/mol. The number of terminal acetylenes is 1. The highest BCUT2D eigenvalue weighted by Gasteiger charge is 2.36. The number of alkyl halides is 1. The Hall–Kier alpha value is -2.72. The summed E-state index contributed by atoms with van der Waals surface area (Å²) in [4.78, 5) is 25.1. The van der Waals surface area contributed by atoms with Crippen molar-refractivity contribution in [2.45, 2.75) is 18.4 Å². The lowest BCUT2D eigenvalue weighted by atomic mass is 9.92. The Morgan fingerprint density at radius 1 is 1.38 bits per heavy atom. The number of aromatic nitrogens is 2. The number of rotatable bonds is 5. The Labute approximate surface area is 155 Å². The average Bonchev–Trinajstić information content (AvgIpc) is 2.68. The third-order valence-electron chi connectivity index (χ3n) is 4.19. The average molecular weight is 368 g/mol. The molecule has 0 saturated heterocycles. The summed E-state index contributed by atoms with van der Waals surface area (Å²) in [6, 6.07) is 6.73. The summed E-state index contributed by atoms with van der Waals surface area (Å²) in [6.07, 6.45) is 8.98. The van der Waals surface area contributed by atoms with Crippen LogP contribution < -0.4 is 5.73 Å². The summed E-state index contributed by atoms with van der Waals surface area (Å²) in [5, 5.41) is 0.356. The molecule has 1 atom stereocenters. The van der Waals surface area contributed by atoms with Crippen molar-refractivity contribution in [3.63, 3.8) is 0 Å². The molecule has 0 amide bonds. The van der Waals surface area contributed by atoms with Crippen LogP contribution in [0.25, 0.3) is 0 Å². The number of hydrogen-bond acceptors (Lipinski definition) is 6. The first-order valence-electron chi connectivity index (χ1n) is 8.02. The van der Waals surface area contributed by atoms with Crippen LogP contribution in [-0.4, -0.2) is 33.3 Å². The number of halogens is 1. The fourth-order valence-corrected chi connectivity index (χ4v) is 3.62. The molecular formula is C19H17FN4OS. The zero-order chi connectivity index (χ0) is 18.6. The number of aliphatic imine (C=N–C) groups is 1. The van der Waals surface area contributed by atoms with E-state index < -0.39 is 12.2 Å². The first-order valence-corrected chi connectivity index (χ1v) is 9.00. The molecule has 2 aromatic rings. The number of Topliss-reactive ketones (excluding diaryl/α,β-unsaturated/α-hetero) is 1. The number of nitrogens with zero attached hydrogens (tertiary/aromatic N) is 3. The monoisotopic (exact) mass is 368 g/mol. The van der Waals surface area contributed by atoms with Crippen molar-refractivity contribution in [3.05, 3.63) is 59.2 Å². The van der Waals surface area contributed by atoms with E-state index >= 15 is 0 Å². The lowest BCUT2D eigenvalue weighted by Gasteiger charge is -2.30. The van der Waals surface area contributed by atoms with Crippen LogP contribution in [0, 0.1) is 12.3 Å². The summed E-state index contributed by atoms with van der Waals surface area (Å²) in [5.41, 5.74) is 6.88. The van der Waals surface area contributed by atoms with Gasteiger partial charge in [-0.05, 0) is 36.2 Å². The summed E-state index contributed by atoms with van der Waals surface area (Å²) in [5.74, 6) is 2.98. The molecule has 2 aromatic heterocycles. The van der Waals surface area contributed by atoms with E-state index in [0.29, 0.717) is 34.3 Å². The maximum absolute atomic E-state index is 13.8. The van der Waals surface area contributed by atoms with Gasteiger partial charge >= 0.3 is 0 Å². The predicted octanol–water partition coefficient (Wildman–Crippen LogP) is 2.50. The van der Waals surface area contributed by atoms with E-state index in [1.807, 2.05) is 0 Å². The van der Waals surface area contributed by atoms with Crippen LogP contribution in [0.3, 0.4) is 0 Å². The van der Waals surface area contributed by atoms with Gasteiger partial charge in [-0.3, -0.25) is 14.8 Å². The third kappa shape index (κ3) is 3.75. The van der Waals surface area contributed by atoms with Gasteiger partial charge in [-0.2, -0.15) is 0 Å². The van der Waals surface area contributed by atoms with Crippen molar-refractivity contribution >= 4 is 22.7 Å². The van der Waals surface area contributed by atoms with E-state index in [-0.39, 0.29) is 12.2 Å². The number of thioether (sulfide) groups is 1. The number of hydrogen-bond donors (Lipinski definition) is 1. The smallest absolute Gasteiger partial charge is 0.185 e. The Bertz CT molecular complexity index is 891. The van der Waals surface area contributed by atoms with Crippen molar-refractivity contribution in [2.75, 3.05) is 12.4 Å². The Morgan fingerprint density at radius 3 is 2.88 bits per heavy atom. The van der Waals surface area contributed by atoms with Gasteiger partial charge < -0.3 is 5.73 Å². The van der Waals surface area contributed by atoms with Crippen LogP contribution in [0.15, 0.2) is 41.7 Å². The highest BCUT2D eigenvalue weighted by Crippen LogP contribution is 2.35. The van der Waals surface area contributed by atoms with Gasteiger partial charge in [0.2, 0.25) is 0 Å². The minimum atomic E-state index is -1.07. The summed E-state index contributed by atoms with van der Waals surface area (Å²) in [6.45, 7) is -0.687. The highest BCUT2D eigenvalue weighted by molar-refractivity contribution is 8.13. The van der Waals surface area contributed by atoms with Crippen molar-refractivity contribution in [2.24, 2.45) is 10.7 Å². The van der Waals surface area contributed by atoms with E-state index in [9.17, 15) is 9.18 Å². The fourth-order valence-electron chi connectivity index (χ4n) is 2.73. The molecule has 26 heavy (non-hydrogen) atoms. The SMILES string of the molecule is C#Cc1ccc(C(=O)Cc2ccnc([C@]3(CF)CCSC(N)=N3)c2)nc1. The summed E-state index contributed by atoms with van der Waals surface area (Å²) >= 11 is 1.40. The standard InChI is InChI=1S/C19H17FN4OS/c1-2-13-3-4-15(23-11-13)16(25)9-14-5-7-22-17(10-14)19(12-20)6-8-26-18(21)24-19/h1,3-5,7,10-11H,6,8-9,12H2,(H2,21,24)/t19-/m1/s1.